The third kappa shape index (κ3) is 3.78. The monoisotopic (exact) mass is 353 g/mol. The maximum atomic E-state index is 5.54. The lowest BCUT2D eigenvalue weighted by atomic mass is 10.1. The highest BCUT2D eigenvalue weighted by Gasteiger charge is 2.15. The first-order chi connectivity index (χ1) is 12.3. The number of fused-ring (bicyclic) bond motifs is 1. The van der Waals surface area contributed by atoms with Crippen molar-refractivity contribution in [2.75, 3.05) is 12.4 Å². The van der Waals surface area contributed by atoms with Crippen molar-refractivity contribution in [3.63, 3.8) is 0 Å². The Kier molecular flexibility index (Phi) is 4.85. The Hall–Kier alpha value is -2.11. The highest BCUT2D eigenvalue weighted by molar-refractivity contribution is 7.16. The molecule has 1 aliphatic carbocycles. The second-order valence-corrected chi connectivity index (χ2v) is 7.44. The van der Waals surface area contributed by atoms with Gasteiger partial charge in [-0.15, -0.1) is 11.3 Å². The zero-order valence-electron chi connectivity index (χ0n) is 14.4. The van der Waals surface area contributed by atoms with Crippen LogP contribution in [-0.4, -0.2) is 18.1 Å². The van der Waals surface area contributed by atoms with Crippen LogP contribution in [0.5, 0.6) is 5.75 Å². The van der Waals surface area contributed by atoms with Crippen molar-refractivity contribution in [1.82, 2.24) is 10.3 Å². The molecule has 130 valence electrons. The molecule has 5 heteroatoms. The normalized spacial score (nSPS) is 14.9. The van der Waals surface area contributed by atoms with Crippen LogP contribution in [-0.2, 0) is 6.54 Å². The Bertz CT molecular complexity index is 855. The number of ether oxygens (including phenoxy) is 1. The van der Waals surface area contributed by atoms with Crippen molar-refractivity contribution in [3.05, 3.63) is 47.5 Å². The van der Waals surface area contributed by atoms with E-state index in [2.05, 4.69) is 45.9 Å². The Morgan fingerprint density at radius 1 is 1.12 bits per heavy atom. The van der Waals surface area contributed by atoms with Gasteiger partial charge in [-0.1, -0.05) is 12.8 Å². The average molecular weight is 353 g/mol. The van der Waals surface area contributed by atoms with E-state index in [0.717, 1.165) is 29.2 Å². The van der Waals surface area contributed by atoms with Crippen LogP contribution in [0.15, 0.2) is 41.9 Å². The molecule has 1 aromatic heterocycles. The minimum atomic E-state index is 0.648. The van der Waals surface area contributed by atoms with Crippen molar-refractivity contribution < 1.29 is 4.74 Å². The fourth-order valence-corrected chi connectivity index (χ4v) is 4.19. The van der Waals surface area contributed by atoms with E-state index >= 15 is 0 Å². The van der Waals surface area contributed by atoms with Gasteiger partial charge < -0.3 is 15.4 Å². The van der Waals surface area contributed by atoms with Gasteiger partial charge in [0.1, 0.15) is 5.75 Å². The quantitative estimate of drug-likeness (QED) is 0.649. The Morgan fingerprint density at radius 2 is 1.92 bits per heavy atom. The van der Waals surface area contributed by atoms with E-state index in [1.54, 1.807) is 18.4 Å². The molecule has 0 saturated heterocycles. The van der Waals surface area contributed by atoms with E-state index in [9.17, 15) is 0 Å². The summed E-state index contributed by atoms with van der Waals surface area (Å²) in [5.74, 6) is 0.939. The molecule has 1 fully saturated rings. The van der Waals surface area contributed by atoms with Gasteiger partial charge in [0.2, 0.25) is 0 Å². The van der Waals surface area contributed by atoms with Crippen LogP contribution in [0.3, 0.4) is 0 Å². The summed E-state index contributed by atoms with van der Waals surface area (Å²) in [6.07, 6.45) is 5.26. The summed E-state index contributed by atoms with van der Waals surface area (Å²) in [6.45, 7) is 0.844. The molecule has 3 aromatic rings. The van der Waals surface area contributed by atoms with E-state index in [0.29, 0.717) is 6.04 Å². The van der Waals surface area contributed by atoms with Gasteiger partial charge in [0, 0.05) is 29.5 Å². The smallest absolute Gasteiger partial charge is 0.123 e. The van der Waals surface area contributed by atoms with Crippen molar-refractivity contribution in [2.24, 2.45) is 0 Å². The molecule has 2 aromatic carbocycles. The number of methoxy groups -OCH3 is 1. The first-order valence-corrected chi connectivity index (χ1v) is 9.70. The second-order valence-electron chi connectivity index (χ2n) is 6.55. The highest BCUT2D eigenvalue weighted by atomic mass is 32.1. The molecule has 0 aliphatic heterocycles. The predicted octanol–water partition coefficient (Wildman–Crippen LogP) is 5.08. The number of nitrogens with zero attached hydrogens (tertiary/aromatic N) is 1. The van der Waals surface area contributed by atoms with Crippen LogP contribution >= 0.6 is 11.3 Å². The molecule has 25 heavy (non-hydrogen) atoms. The number of aromatic nitrogens is 1. The molecule has 1 saturated carbocycles. The lowest BCUT2D eigenvalue weighted by molar-refractivity contribution is 0.405. The van der Waals surface area contributed by atoms with E-state index in [4.69, 9.17) is 4.74 Å². The van der Waals surface area contributed by atoms with Gasteiger partial charge in [0.25, 0.3) is 0 Å². The molecule has 0 unspecified atom stereocenters. The van der Waals surface area contributed by atoms with E-state index in [1.807, 2.05) is 11.6 Å². The van der Waals surface area contributed by atoms with Crippen molar-refractivity contribution in [2.45, 2.75) is 38.3 Å². The molecule has 1 heterocycles. The van der Waals surface area contributed by atoms with Crippen LogP contribution in [0.4, 0.5) is 11.4 Å². The third-order valence-electron chi connectivity index (χ3n) is 4.84. The van der Waals surface area contributed by atoms with Crippen LogP contribution in [0.25, 0.3) is 10.2 Å². The van der Waals surface area contributed by atoms with Crippen LogP contribution in [0, 0.1) is 0 Å². The minimum Gasteiger partial charge on any atom is -0.496 e. The average Bonchev–Trinajstić information content (AvgIpc) is 3.31. The molecule has 4 nitrogen and oxygen atoms in total. The molecule has 0 radical (unpaired) electrons. The second kappa shape index (κ2) is 7.42. The van der Waals surface area contributed by atoms with E-state index < -0.39 is 0 Å². The standard InChI is InChI=1S/C20H23N3OS/c1-24-19-9-7-16(10-14(19)12-21-15-4-2-3-5-15)23-17-6-8-18-20(11-17)25-13-22-18/h6-11,13,15,21,23H,2-5,12H2,1H3. The summed E-state index contributed by atoms with van der Waals surface area (Å²) in [5, 5.41) is 7.17. The molecular formula is C20H23N3OS. The maximum absolute atomic E-state index is 5.54. The number of thiazole rings is 1. The Morgan fingerprint density at radius 3 is 2.76 bits per heavy atom. The van der Waals surface area contributed by atoms with Crippen molar-refractivity contribution in [1.29, 1.82) is 0 Å². The molecule has 0 bridgehead atoms. The fourth-order valence-electron chi connectivity index (χ4n) is 3.48. The topological polar surface area (TPSA) is 46.2 Å². The van der Waals surface area contributed by atoms with Crippen LogP contribution < -0.4 is 15.4 Å². The fraction of sp³-hybridized carbons (Fsp3) is 0.350. The van der Waals surface area contributed by atoms with Crippen molar-refractivity contribution in [3.8, 4) is 5.75 Å². The van der Waals surface area contributed by atoms with Gasteiger partial charge in [-0.3, -0.25) is 0 Å². The summed E-state index contributed by atoms with van der Waals surface area (Å²) < 4.78 is 6.73. The van der Waals surface area contributed by atoms with Gasteiger partial charge in [0.15, 0.2) is 0 Å². The number of rotatable bonds is 6. The largest absolute Gasteiger partial charge is 0.496 e. The lowest BCUT2D eigenvalue weighted by Gasteiger charge is -2.16. The molecule has 0 spiro atoms. The SMILES string of the molecule is COc1ccc(Nc2ccc3ncsc3c2)cc1CNC1CCCC1. The number of hydrogen-bond acceptors (Lipinski definition) is 5. The Labute approximate surface area is 152 Å². The summed E-state index contributed by atoms with van der Waals surface area (Å²) >= 11 is 1.66. The molecule has 4 rings (SSSR count). The van der Waals surface area contributed by atoms with Gasteiger partial charge in [-0.25, -0.2) is 4.98 Å². The summed E-state index contributed by atoms with van der Waals surface area (Å²) in [6, 6.07) is 13.2. The minimum absolute atomic E-state index is 0.648. The van der Waals surface area contributed by atoms with Gasteiger partial charge in [-0.05, 0) is 49.2 Å². The first-order valence-electron chi connectivity index (χ1n) is 8.82. The number of nitrogens with one attached hydrogen (secondary N) is 2. The molecule has 1 aliphatic rings. The molecule has 0 amide bonds. The van der Waals surface area contributed by atoms with Gasteiger partial charge >= 0.3 is 0 Å². The maximum Gasteiger partial charge on any atom is 0.123 e. The third-order valence-corrected chi connectivity index (χ3v) is 5.63. The van der Waals surface area contributed by atoms with E-state index in [-0.39, 0.29) is 0 Å². The predicted molar refractivity (Wildman–Crippen MR) is 105 cm³/mol. The van der Waals surface area contributed by atoms with Crippen LogP contribution in [0.1, 0.15) is 31.2 Å². The number of anilines is 2. The van der Waals surface area contributed by atoms with E-state index in [1.165, 1.54) is 35.9 Å². The van der Waals surface area contributed by atoms with Crippen LogP contribution in [0.2, 0.25) is 0 Å². The van der Waals surface area contributed by atoms with Gasteiger partial charge in [-0.2, -0.15) is 0 Å². The zero-order valence-corrected chi connectivity index (χ0v) is 15.2. The molecular weight excluding hydrogens is 330 g/mol. The first kappa shape index (κ1) is 16.4. The Balaban J connectivity index is 1.51. The summed E-state index contributed by atoms with van der Waals surface area (Å²) in [5.41, 5.74) is 6.28. The summed E-state index contributed by atoms with van der Waals surface area (Å²) in [4.78, 5) is 4.33. The zero-order chi connectivity index (χ0) is 17.1. The molecule has 0 atom stereocenters. The lowest BCUT2D eigenvalue weighted by Crippen LogP contribution is -2.25. The number of hydrogen-bond donors (Lipinski definition) is 2. The van der Waals surface area contributed by atoms with Crippen molar-refractivity contribution >= 4 is 32.9 Å². The molecule has 2 N–H and O–H groups in total. The van der Waals surface area contributed by atoms with Gasteiger partial charge in [0.05, 0.1) is 22.8 Å². The summed E-state index contributed by atoms with van der Waals surface area (Å²) in [7, 11) is 1.74. The highest BCUT2D eigenvalue weighted by Crippen LogP contribution is 2.28. The number of benzene rings is 2.